The summed E-state index contributed by atoms with van der Waals surface area (Å²) >= 11 is 0. The highest BCUT2D eigenvalue weighted by molar-refractivity contribution is 5.87. The number of amides is 1. The molecule has 56 heavy (non-hydrogen) atoms. The van der Waals surface area contributed by atoms with Crippen molar-refractivity contribution in [2.45, 2.75) is 217 Å². The predicted molar refractivity (Wildman–Crippen MR) is 225 cm³/mol. The van der Waals surface area contributed by atoms with E-state index in [0.717, 1.165) is 122 Å². The second kappa shape index (κ2) is 23.4. The number of carbonyl (C=O) groups is 2. The molecular formula is C45H80N6O5. The van der Waals surface area contributed by atoms with E-state index < -0.39 is 17.4 Å². The van der Waals surface area contributed by atoms with Crippen LogP contribution < -0.4 is 16.8 Å². The maximum absolute atomic E-state index is 14.0. The summed E-state index contributed by atoms with van der Waals surface area (Å²) in [6.45, 7) is 7.68. The number of hydrogen-bond acceptors (Lipinski definition) is 10. The fourth-order valence-corrected chi connectivity index (χ4v) is 10.1. The van der Waals surface area contributed by atoms with E-state index in [-0.39, 0.29) is 30.1 Å². The van der Waals surface area contributed by atoms with Crippen molar-refractivity contribution in [1.82, 2.24) is 15.1 Å². The van der Waals surface area contributed by atoms with Crippen molar-refractivity contribution in [3.8, 4) is 0 Å². The Bertz CT molecular complexity index is 1250. The van der Waals surface area contributed by atoms with Gasteiger partial charge in [0, 0.05) is 32.0 Å². The third-order valence-electron chi connectivity index (χ3n) is 13.2. The van der Waals surface area contributed by atoms with Gasteiger partial charge in [-0.1, -0.05) is 89.7 Å². The zero-order chi connectivity index (χ0) is 39.6. The normalized spacial score (nSPS) is 29.5. The lowest BCUT2D eigenvalue weighted by molar-refractivity contribution is -0.194. The summed E-state index contributed by atoms with van der Waals surface area (Å²) < 4.78 is 19.6. The van der Waals surface area contributed by atoms with Gasteiger partial charge in [0.15, 0.2) is 11.7 Å². The highest BCUT2D eigenvalue weighted by Crippen LogP contribution is 2.50. The Morgan fingerprint density at radius 1 is 0.875 bits per heavy atom. The van der Waals surface area contributed by atoms with Crippen molar-refractivity contribution in [3.63, 3.8) is 0 Å². The number of nitrogens with one attached hydrogen (secondary N) is 1. The van der Waals surface area contributed by atoms with Crippen LogP contribution in [0.2, 0.25) is 0 Å². The van der Waals surface area contributed by atoms with E-state index in [0.29, 0.717) is 32.2 Å². The van der Waals surface area contributed by atoms with Crippen LogP contribution in [0.1, 0.15) is 181 Å². The zero-order valence-electron chi connectivity index (χ0n) is 35.5. The molecule has 0 unspecified atom stereocenters. The minimum atomic E-state index is -0.878. The number of esters is 1. The summed E-state index contributed by atoms with van der Waals surface area (Å²) in [7, 11) is 0. The van der Waals surface area contributed by atoms with Crippen LogP contribution in [0.25, 0.3) is 0 Å². The highest BCUT2D eigenvalue weighted by Gasteiger charge is 2.62. The highest BCUT2D eigenvalue weighted by atomic mass is 16.6. The minimum absolute atomic E-state index is 0.0385. The van der Waals surface area contributed by atoms with Gasteiger partial charge in [-0.2, -0.15) is 0 Å². The molecule has 5 heterocycles. The summed E-state index contributed by atoms with van der Waals surface area (Å²) in [5.74, 6) is 0.626. The third-order valence-corrected chi connectivity index (χ3v) is 13.2. The number of allylic oxidation sites excluding steroid dienone is 1. The molecule has 11 nitrogen and oxygen atoms in total. The first-order chi connectivity index (χ1) is 27.3. The molecule has 0 aromatic carbocycles. The van der Waals surface area contributed by atoms with Crippen LogP contribution in [0.4, 0.5) is 0 Å². The second-order valence-electron chi connectivity index (χ2n) is 17.7. The number of rotatable bonds is 25. The van der Waals surface area contributed by atoms with Gasteiger partial charge in [0.1, 0.15) is 11.6 Å². The Kier molecular flexibility index (Phi) is 18.8. The Morgan fingerprint density at radius 3 is 2.23 bits per heavy atom. The van der Waals surface area contributed by atoms with Crippen molar-refractivity contribution in [2.24, 2.45) is 22.4 Å². The smallest absolute Gasteiger partial charge is 0.316 e. The van der Waals surface area contributed by atoms with E-state index in [9.17, 15) is 9.59 Å². The number of nitrogens with two attached hydrogens (primary N) is 2. The molecule has 3 saturated heterocycles. The van der Waals surface area contributed by atoms with Gasteiger partial charge in [-0.05, 0) is 103 Å². The summed E-state index contributed by atoms with van der Waals surface area (Å²) in [5.41, 5.74) is 9.99. The van der Waals surface area contributed by atoms with E-state index in [1.54, 1.807) is 0 Å². The molecule has 0 radical (unpaired) electrons. The van der Waals surface area contributed by atoms with Gasteiger partial charge in [0.2, 0.25) is 5.91 Å². The average molecular weight is 785 g/mol. The molecule has 2 spiro atoms. The van der Waals surface area contributed by atoms with Gasteiger partial charge in [-0.3, -0.25) is 9.59 Å². The number of hydrogen-bond donors (Lipinski definition) is 3. The van der Waals surface area contributed by atoms with E-state index in [1.165, 1.54) is 57.8 Å². The largest absolute Gasteiger partial charge is 0.465 e. The van der Waals surface area contributed by atoms with Gasteiger partial charge in [0.05, 0.1) is 24.9 Å². The number of unbranched alkanes of at least 4 members (excludes halogenated alkanes) is 13. The monoisotopic (exact) mass is 785 g/mol. The van der Waals surface area contributed by atoms with Crippen LogP contribution in [-0.4, -0.2) is 96.2 Å². The van der Waals surface area contributed by atoms with Crippen molar-refractivity contribution in [1.29, 1.82) is 0 Å². The molecule has 11 heteroatoms. The molecule has 5 aliphatic rings. The fraction of sp³-hybridized carbons (Fsp3) is 0.889. The first kappa shape index (κ1) is 44.9. The molecule has 0 bridgehead atoms. The Balaban J connectivity index is 0.945. The van der Waals surface area contributed by atoms with Gasteiger partial charge >= 0.3 is 5.97 Å². The molecule has 3 fully saturated rings. The SMILES string of the molecule is CC[C@H]1C=CCC[C@@]2(C[C@@H]3CC[C@H]4[C@H](C(=O)OCCCCCCCCCCCCCCCC(=O)N(CCCN)CCCCN)[C@@]5(CCC[C@@H](C)O5)N=C(N2)N34)O1. The average Bonchev–Trinajstić information content (AvgIpc) is 3.49. The summed E-state index contributed by atoms with van der Waals surface area (Å²) in [6.07, 6.45) is 32.2. The van der Waals surface area contributed by atoms with Crippen molar-refractivity contribution in [2.75, 3.05) is 32.8 Å². The number of guanidine groups is 1. The minimum Gasteiger partial charge on any atom is -0.465 e. The number of carbonyl (C=O) groups excluding carboxylic acids is 2. The lowest BCUT2D eigenvalue weighted by atomic mass is 9.80. The molecule has 0 aromatic rings. The standard InChI is InChI=1S/C45H80N6O5/c1-3-38-24-16-17-28-44(56-38)35-37-26-27-39-41(45(29-21-23-36(2)55-45)49-43(48-44)51(37)39)42(53)54-34-20-14-12-10-8-6-4-5-7-9-11-13-15-25-40(52)50(33-22-31-47)32-19-18-30-46/h16,24,36-39,41H,3-15,17-23,25-35,46-47H2,1-2H3,(H,48,49)/t36-,37+,38+,39+,41-,44+,45+/m1/s1. The maximum Gasteiger partial charge on any atom is 0.316 e. The van der Waals surface area contributed by atoms with Crippen LogP contribution in [0.3, 0.4) is 0 Å². The summed E-state index contributed by atoms with van der Waals surface area (Å²) in [5, 5.41) is 3.80. The summed E-state index contributed by atoms with van der Waals surface area (Å²) in [4.78, 5) is 36.5. The predicted octanol–water partition coefficient (Wildman–Crippen LogP) is 7.85. The van der Waals surface area contributed by atoms with Crippen LogP contribution in [-0.2, 0) is 23.8 Å². The number of ether oxygens (including phenoxy) is 3. The molecule has 320 valence electrons. The van der Waals surface area contributed by atoms with Crippen molar-refractivity contribution >= 4 is 17.8 Å². The Morgan fingerprint density at radius 2 is 1.55 bits per heavy atom. The first-order valence-electron chi connectivity index (χ1n) is 23.4. The van der Waals surface area contributed by atoms with Crippen LogP contribution in [0.5, 0.6) is 0 Å². The van der Waals surface area contributed by atoms with Crippen LogP contribution in [0.15, 0.2) is 17.1 Å². The molecule has 0 saturated carbocycles. The Labute approximate surface area is 339 Å². The van der Waals surface area contributed by atoms with Crippen LogP contribution in [0, 0.1) is 5.92 Å². The molecule has 0 aliphatic carbocycles. The van der Waals surface area contributed by atoms with Gasteiger partial charge in [-0.25, -0.2) is 4.99 Å². The van der Waals surface area contributed by atoms with E-state index >= 15 is 0 Å². The molecular weight excluding hydrogens is 705 g/mol. The zero-order valence-corrected chi connectivity index (χ0v) is 35.5. The quantitative estimate of drug-likeness (QED) is 0.0479. The summed E-state index contributed by atoms with van der Waals surface area (Å²) in [6, 6.07) is 0.342. The fourth-order valence-electron chi connectivity index (χ4n) is 10.1. The molecule has 7 atom stereocenters. The van der Waals surface area contributed by atoms with E-state index in [2.05, 4.69) is 36.2 Å². The number of aliphatic imine (C=N–C) groups is 1. The van der Waals surface area contributed by atoms with Gasteiger partial charge < -0.3 is 40.8 Å². The van der Waals surface area contributed by atoms with Gasteiger partial charge in [0.25, 0.3) is 0 Å². The molecule has 0 aromatic heterocycles. The third kappa shape index (κ3) is 12.6. The maximum atomic E-state index is 14.0. The van der Waals surface area contributed by atoms with E-state index in [4.69, 9.17) is 30.7 Å². The van der Waals surface area contributed by atoms with E-state index in [1.807, 2.05) is 4.90 Å². The Hall–Kier alpha value is -2.21. The molecule has 1 amide bonds. The first-order valence-corrected chi connectivity index (χ1v) is 23.4. The molecule has 5 rings (SSSR count). The van der Waals surface area contributed by atoms with Crippen LogP contribution >= 0.6 is 0 Å². The molecule has 5 aliphatic heterocycles. The second-order valence-corrected chi connectivity index (χ2v) is 17.7. The molecule has 5 N–H and O–H groups in total. The lowest BCUT2D eigenvalue weighted by Crippen LogP contribution is -2.71. The number of nitrogens with zero attached hydrogens (tertiary/aromatic N) is 3. The van der Waals surface area contributed by atoms with Gasteiger partial charge in [-0.15, -0.1) is 0 Å². The topological polar surface area (TPSA) is 145 Å². The van der Waals surface area contributed by atoms with Crippen molar-refractivity contribution in [3.05, 3.63) is 12.2 Å². The van der Waals surface area contributed by atoms with Crippen molar-refractivity contribution < 1.29 is 23.8 Å². The lowest BCUT2D eigenvalue weighted by Gasteiger charge is -2.55.